The molecule has 28 heavy (non-hydrogen) atoms. The maximum Gasteiger partial charge on any atom is 0.309 e. The molecule has 1 fully saturated rings. The standard InChI is InChI=1S/C20H29N3O4S/c1-5-27-18(26)13-6-8-22(9-7-13)16(24)10-14-12-28-19-21-15(20(2,3)4)11-17(25)23(14)19/h11,13-14H,5-10,12H2,1-4H3. The molecule has 3 rings (SSSR count). The number of hydrogen-bond donors (Lipinski definition) is 0. The molecule has 0 N–H and O–H groups in total. The Morgan fingerprint density at radius 1 is 1.29 bits per heavy atom. The Labute approximate surface area is 169 Å². The van der Waals surface area contributed by atoms with Crippen LogP contribution in [0.4, 0.5) is 0 Å². The van der Waals surface area contributed by atoms with Crippen LogP contribution in [0.15, 0.2) is 16.0 Å². The van der Waals surface area contributed by atoms with E-state index in [1.807, 2.05) is 20.8 Å². The van der Waals surface area contributed by atoms with Crippen LogP contribution in [0.25, 0.3) is 0 Å². The van der Waals surface area contributed by atoms with E-state index in [9.17, 15) is 14.4 Å². The lowest BCUT2D eigenvalue weighted by atomic mass is 9.92. The van der Waals surface area contributed by atoms with Gasteiger partial charge in [-0.3, -0.25) is 19.0 Å². The maximum atomic E-state index is 12.8. The zero-order valence-electron chi connectivity index (χ0n) is 17.1. The number of amides is 1. The van der Waals surface area contributed by atoms with Gasteiger partial charge in [-0.1, -0.05) is 32.5 Å². The number of rotatable bonds is 4. The second kappa shape index (κ2) is 8.27. The molecule has 0 saturated carbocycles. The molecule has 154 valence electrons. The van der Waals surface area contributed by atoms with Crippen LogP contribution in [0.3, 0.4) is 0 Å². The lowest BCUT2D eigenvalue weighted by Gasteiger charge is -2.31. The van der Waals surface area contributed by atoms with Gasteiger partial charge in [0.2, 0.25) is 5.91 Å². The highest BCUT2D eigenvalue weighted by Gasteiger charge is 2.33. The fourth-order valence-corrected chi connectivity index (χ4v) is 4.79. The van der Waals surface area contributed by atoms with Crippen LogP contribution in [0.5, 0.6) is 0 Å². The van der Waals surface area contributed by atoms with Gasteiger partial charge in [-0.25, -0.2) is 4.98 Å². The summed E-state index contributed by atoms with van der Waals surface area (Å²) in [6.45, 7) is 9.41. The van der Waals surface area contributed by atoms with Crippen molar-refractivity contribution in [1.82, 2.24) is 14.5 Å². The molecular formula is C20H29N3O4S. The van der Waals surface area contributed by atoms with Crippen molar-refractivity contribution in [3.8, 4) is 0 Å². The Bertz CT molecular complexity index is 807. The molecule has 0 aromatic carbocycles. The van der Waals surface area contributed by atoms with Crippen LogP contribution >= 0.6 is 11.8 Å². The number of carbonyl (C=O) groups excluding carboxylic acids is 2. The van der Waals surface area contributed by atoms with E-state index in [0.29, 0.717) is 49.9 Å². The summed E-state index contributed by atoms with van der Waals surface area (Å²) in [5.41, 5.74) is 0.509. The van der Waals surface area contributed by atoms with Gasteiger partial charge in [-0.15, -0.1) is 0 Å². The van der Waals surface area contributed by atoms with E-state index in [4.69, 9.17) is 4.74 Å². The van der Waals surface area contributed by atoms with Crippen molar-refractivity contribution >= 4 is 23.6 Å². The minimum Gasteiger partial charge on any atom is -0.466 e. The molecule has 1 atom stereocenters. The normalized spacial score (nSPS) is 20.1. The number of thioether (sulfide) groups is 1. The van der Waals surface area contributed by atoms with Gasteiger partial charge in [0.1, 0.15) is 0 Å². The molecule has 0 aliphatic carbocycles. The van der Waals surface area contributed by atoms with Gasteiger partial charge in [0.25, 0.3) is 5.56 Å². The first-order valence-corrected chi connectivity index (χ1v) is 10.9. The number of ether oxygens (including phenoxy) is 1. The summed E-state index contributed by atoms with van der Waals surface area (Å²) in [6.07, 6.45) is 1.56. The summed E-state index contributed by atoms with van der Waals surface area (Å²) in [4.78, 5) is 43.7. The van der Waals surface area contributed by atoms with Crippen molar-refractivity contribution in [1.29, 1.82) is 0 Å². The topological polar surface area (TPSA) is 81.5 Å². The highest BCUT2D eigenvalue weighted by Crippen LogP contribution is 2.34. The van der Waals surface area contributed by atoms with Crippen LogP contribution < -0.4 is 5.56 Å². The molecule has 0 spiro atoms. The van der Waals surface area contributed by atoms with Crippen molar-refractivity contribution in [3.05, 3.63) is 22.1 Å². The molecular weight excluding hydrogens is 378 g/mol. The van der Waals surface area contributed by atoms with Crippen LogP contribution in [0.1, 0.15) is 58.7 Å². The summed E-state index contributed by atoms with van der Waals surface area (Å²) < 4.78 is 6.75. The zero-order chi connectivity index (χ0) is 20.5. The van der Waals surface area contributed by atoms with Crippen molar-refractivity contribution in [2.24, 2.45) is 5.92 Å². The molecule has 1 saturated heterocycles. The zero-order valence-corrected chi connectivity index (χ0v) is 17.9. The van der Waals surface area contributed by atoms with Gasteiger partial charge in [0.05, 0.1) is 24.3 Å². The Balaban J connectivity index is 1.63. The van der Waals surface area contributed by atoms with Crippen LogP contribution in [0.2, 0.25) is 0 Å². The molecule has 2 aliphatic heterocycles. The lowest BCUT2D eigenvalue weighted by molar-refractivity contribution is -0.151. The predicted octanol–water partition coefficient (Wildman–Crippen LogP) is 2.38. The SMILES string of the molecule is CCOC(=O)C1CCN(C(=O)CC2CSc3nc(C(C)(C)C)cc(=O)n32)CC1. The Morgan fingerprint density at radius 2 is 1.96 bits per heavy atom. The molecule has 0 radical (unpaired) electrons. The van der Waals surface area contributed by atoms with E-state index in [1.165, 1.54) is 11.8 Å². The number of esters is 1. The van der Waals surface area contributed by atoms with Gasteiger partial charge in [0.15, 0.2) is 5.16 Å². The Morgan fingerprint density at radius 3 is 2.57 bits per heavy atom. The Hall–Kier alpha value is -1.83. The lowest BCUT2D eigenvalue weighted by Crippen LogP contribution is -2.41. The largest absolute Gasteiger partial charge is 0.466 e. The van der Waals surface area contributed by atoms with Gasteiger partial charge in [-0.05, 0) is 19.8 Å². The fourth-order valence-electron chi connectivity index (χ4n) is 3.64. The van der Waals surface area contributed by atoms with E-state index in [-0.39, 0.29) is 34.8 Å². The molecule has 1 aromatic rings. The molecule has 3 heterocycles. The van der Waals surface area contributed by atoms with E-state index < -0.39 is 0 Å². The molecule has 1 aromatic heterocycles. The van der Waals surface area contributed by atoms with Crippen LogP contribution in [0, 0.1) is 5.92 Å². The second-order valence-electron chi connectivity index (χ2n) is 8.46. The minimum absolute atomic E-state index is 0.0348. The first-order valence-electron chi connectivity index (χ1n) is 9.92. The number of piperidine rings is 1. The third-order valence-electron chi connectivity index (χ3n) is 5.34. The van der Waals surface area contributed by atoms with Crippen molar-refractivity contribution in [3.63, 3.8) is 0 Å². The van der Waals surface area contributed by atoms with Crippen molar-refractivity contribution in [2.75, 3.05) is 25.4 Å². The van der Waals surface area contributed by atoms with Crippen LogP contribution in [-0.2, 0) is 19.7 Å². The fraction of sp³-hybridized carbons (Fsp3) is 0.700. The maximum absolute atomic E-state index is 12.8. The summed E-state index contributed by atoms with van der Waals surface area (Å²) in [5, 5.41) is 0.705. The molecule has 7 nitrogen and oxygen atoms in total. The van der Waals surface area contributed by atoms with Crippen LogP contribution in [-0.4, -0.2) is 51.8 Å². The third-order valence-corrected chi connectivity index (χ3v) is 6.43. The highest BCUT2D eigenvalue weighted by molar-refractivity contribution is 7.99. The van der Waals surface area contributed by atoms with E-state index >= 15 is 0 Å². The molecule has 0 bridgehead atoms. The highest BCUT2D eigenvalue weighted by atomic mass is 32.2. The Kier molecular flexibility index (Phi) is 6.17. The minimum atomic E-state index is -0.188. The van der Waals surface area contributed by atoms with Gasteiger partial charge in [0, 0.05) is 36.7 Å². The molecule has 2 aliphatic rings. The number of likely N-dealkylation sites (tertiary alicyclic amines) is 1. The van der Waals surface area contributed by atoms with Crippen molar-refractivity contribution in [2.45, 2.75) is 63.6 Å². The molecule has 1 amide bonds. The number of hydrogen-bond acceptors (Lipinski definition) is 6. The number of fused-ring (bicyclic) bond motifs is 1. The van der Waals surface area contributed by atoms with E-state index in [2.05, 4.69) is 4.98 Å². The number of aromatic nitrogens is 2. The molecule has 8 heteroatoms. The number of carbonyl (C=O) groups is 2. The van der Waals surface area contributed by atoms with Gasteiger partial charge in [-0.2, -0.15) is 0 Å². The van der Waals surface area contributed by atoms with Gasteiger partial charge < -0.3 is 9.64 Å². The summed E-state index contributed by atoms with van der Waals surface area (Å²) in [6, 6.07) is 1.43. The second-order valence-corrected chi connectivity index (χ2v) is 9.45. The smallest absolute Gasteiger partial charge is 0.309 e. The summed E-state index contributed by atoms with van der Waals surface area (Å²) in [5.74, 6) is 0.436. The monoisotopic (exact) mass is 407 g/mol. The average Bonchev–Trinajstić information content (AvgIpc) is 3.04. The average molecular weight is 408 g/mol. The first-order chi connectivity index (χ1) is 13.2. The van der Waals surface area contributed by atoms with Gasteiger partial charge >= 0.3 is 5.97 Å². The van der Waals surface area contributed by atoms with E-state index in [1.54, 1.807) is 22.5 Å². The predicted molar refractivity (Wildman–Crippen MR) is 108 cm³/mol. The van der Waals surface area contributed by atoms with Crippen molar-refractivity contribution < 1.29 is 14.3 Å². The molecule has 1 unspecified atom stereocenters. The van der Waals surface area contributed by atoms with E-state index in [0.717, 1.165) is 5.69 Å². The third kappa shape index (κ3) is 4.42. The summed E-state index contributed by atoms with van der Waals surface area (Å²) >= 11 is 1.54. The number of nitrogens with zero attached hydrogens (tertiary/aromatic N) is 3. The summed E-state index contributed by atoms with van der Waals surface area (Å²) in [7, 11) is 0. The quantitative estimate of drug-likeness (QED) is 0.563. The first kappa shape index (κ1) is 20.9.